The van der Waals surface area contributed by atoms with Gasteiger partial charge in [0.05, 0.1) is 35.9 Å². The number of hydrogen-bond acceptors (Lipinski definition) is 7. The third-order valence-electron chi connectivity index (χ3n) is 5.60. The molecule has 3 atom stereocenters. The van der Waals surface area contributed by atoms with E-state index >= 15 is 0 Å². The van der Waals surface area contributed by atoms with Gasteiger partial charge in [0.2, 0.25) is 5.13 Å². The van der Waals surface area contributed by atoms with E-state index in [0.717, 1.165) is 10.9 Å². The summed E-state index contributed by atoms with van der Waals surface area (Å²) in [5.74, 6) is -0.369. The summed E-state index contributed by atoms with van der Waals surface area (Å²) < 4.78 is 23.0. The Morgan fingerprint density at radius 1 is 1.28 bits per heavy atom. The molecule has 3 aromatic heterocycles. The fourth-order valence-electron chi connectivity index (χ4n) is 3.86. The highest BCUT2D eigenvalue weighted by Crippen LogP contribution is 2.32. The number of ether oxygens (including phenoxy) is 1. The van der Waals surface area contributed by atoms with Crippen molar-refractivity contribution in [1.29, 1.82) is 0 Å². The number of nitrogens with two attached hydrogens (primary N) is 1. The van der Waals surface area contributed by atoms with Gasteiger partial charge in [-0.1, -0.05) is 18.2 Å². The van der Waals surface area contributed by atoms with Crippen molar-refractivity contribution in [2.45, 2.75) is 31.2 Å². The molecule has 1 aliphatic rings. The van der Waals surface area contributed by atoms with E-state index in [2.05, 4.69) is 20.5 Å². The van der Waals surface area contributed by atoms with Crippen LogP contribution in [-0.4, -0.2) is 49.3 Å². The lowest BCUT2D eigenvalue weighted by molar-refractivity contribution is 0.0247. The fourth-order valence-corrected chi connectivity index (χ4v) is 4.63. The summed E-state index contributed by atoms with van der Waals surface area (Å²) in [7, 11) is 1.76. The van der Waals surface area contributed by atoms with Crippen LogP contribution in [0.3, 0.4) is 0 Å². The molecule has 3 N–H and O–H groups in total. The smallest absolute Gasteiger partial charge is 0.275 e. The fraction of sp³-hybridized carbons (Fsp3) is 0.333. The second-order valence-electron chi connectivity index (χ2n) is 7.73. The van der Waals surface area contributed by atoms with Crippen molar-refractivity contribution < 1.29 is 13.9 Å². The van der Waals surface area contributed by atoms with Gasteiger partial charge in [0, 0.05) is 23.9 Å². The molecule has 1 aromatic carbocycles. The van der Waals surface area contributed by atoms with Gasteiger partial charge in [-0.3, -0.25) is 9.48 Å². The zero-order chi connectivity index (χ0) is 22.2. The highest BCUT2D eigenvalue weighted by molar-refractivity contribution is 7.12. The number of nitrogens with zero attached hydrogens (tertiary/aromatic N) is 5. The first-order valence-electron chi connectivity index (χ1n) is 10.2. The third-order valence-corrected chi connectivity index (χ3v) is 6.42. The van der Waals surface area contributed by atoms with Crippen LogP contribution in [0.15, 0.2) is 42.0 Å². The van der Waals surface area contributed by atoms with E-state index in [4.69, 9.17) is 10.5 Å². The molecule has 4 aromatic rings. The molecule has 11 heteroatoms. The van der Waals surface area contributed by atoms with Crippen molar-refractivity contribution in [3.05, 3.63) is 53.4 Å². The number of rotatable bonds is 4. The summed E-state index contributed by atoms with van der Waals surface area (Å²) in [6.45, 7) is -0.0856. The summed E-state index contributed by atoms with van der Waals surface area (Å²) >= 11 is 1.33. The number of aromatic nitrogens is 5. The number of alkyl halides is 1. The molecule has 166 valence electrons. The molecular formula is C21H22FN7O2S. The lowest BCUT2D eigenvalue weighted by Gasteiger charge is -2.17. The number of amides is 1. The van der Waals surface area contributed by atoms with Crippen molar-refractivity contribution >= 4 is 33.8 Å². The Balaban J connectivity index is 1.36. The SMILES string of the molecule is Cn1ncc(NC(=O)c2csc(-n3ncc4ccccc43)n2)c1[C@@H]1CC[C@@H](N)[C@H](F)CO1. The molecule has 32 heavy (non-hydrogen) atoms. The number of carbonyl (C=O) groups excluding carboxylic acids is 1. The van der Waals surface area contributed by atoms with Gasteiger partial charge in [0.15, 0.2) is 0 Å². The van der Waals surface area contributed by atoms with Gasteiger partial charge in [-0.2, -0.15) is 10.2 Å². The average molecular weight is 456 g/mol. The summed E-state index contributed by atoms with van der Waals surface area (Å²) in [5, 5.41) is 14.8. The van der Waals surface area contributed by atoms with Crippen LogP contribution in [0.1, 0.15) is 35.1 Å². The number of fused-ring (bicyclic) bond motifs is 1. The van der Waals surface area contributed by atoms with Gasteiger partial charge in [-0.15, -0.1) is 11.3 Å². The van der Waals surface area contributed by atoms with E-state index in [1.807, 2.05) is 24.3 Å². The molecular weight excluding hydrogens is 433 g/mol. The molecule has 1 amide bonds. The first-order chi connectivity index (χ1) is 15.5. The molecule has 1 fully saturated rings. The van der Waals surface area contributed by atoms with Crippen LogP contribution in [0.25, 0.3) is 16.0 Å². The molecule has 0 spiro atoms. The first-order valence-corrected chi connectivity index (χ1v) is 11.1. The van der Waals surface area contributed by atoms with Crippen LogP contribution in [-0.2, 0) is 11.8 Å². The molecule has 0 unspecified atom stereocenters. The predicted molar refractivity (Wildman–Crippen MR) is 119 cm³/mol. The zero-order valence-electron chi connectivity index (χ0n) is 17.3. The van der Waals surface area contributed by atoms with Crippen LogP contribution >= 0.6 is 11.3 Å². The molecule has 0 aliphatic carbocycles. The number of hydrogen-bond donors (Lipinski definition) is 2. The van der Waals surface area contributed by atoms with Crippen molar-refractivity contribution in [2.24, 2.45) is 12.8 Å². The van der Waals surface area contributed by atoms with Gasteiger partial charge in [-0.25, -0.2) is 14.1 Å². The van der Waals surface area contributed by atoms with Crippen LogP contribution in [0.5, 0.6) is 0 Å². The zero-order valence-corrected chi connectivity index (χ0v) is 18.1. The first kappa shape index (κ1) is 20.7. The maximum Gasteiger partial charge on any atom is 0.275 e. The molecule has 4 heterocycles. The Morgan fingerprint density at radius 2 is 2.12 bits per heavy atom. The Kier molecular flexibility index (Phi) is 5.45. The van der Waals surface area contributed by atoms with E-state index in [9.17, 15) is 9.18 Å². The molecule has 5 rings (SSSR count). The summed E-state index contributed by atoms with van der Waals surface area (Å²) in [6.07, 6.45) is 2.72. The topological polar surface area (TPSA) is 113 Å². The van der Waals surface area contributed by atoms with Crippen LogP contribution in [0, 0.1) is 0 Å². The highest BCUT2D eigenvalue weighted by Gasteiger charge is 2.30. The van der Waals surface area contributed by atoms with Crippen molar-refractivity contribution in [2.75, 3.05) is 11.9 Å². The van der Waals surface area contributed by atoms with E-state index in [0.29, 0.717) is 29.4 Å². The summed E-state index contributed by atoms with van der Waals surface area (Å²) in [6, 6.07) is 7.24. The van der Waals surface area contributed by atoms with Crippen molar-refractivity contribution in [3.63, 3.8) is 0 Å². The van der Waals surface area contributed by atoms with Crippen LogP contribution in [0.2, 0.25) is 0 Å². The molecule has 1 saturated heterocycles. The number of halogens is 1. The average Bonchev–Trinajstić information content (AvgIpc) is 3.50. The standard InChI is InChI=1S/C21H22FN7O2S/c1-28-19(18-7-6-14(23)13(22)10-31-18)15(9-24-28)26-20(30)16-11-32-21(27-16)29-17-5-3-2-4-12(17)8-25-29/h2-5,8-9,11,13-14,18H,6-7,10,23H2,1H3,(H,26,30)/t13-,14-,18+/m1/s1. The quantitative estimate of drug-likeness (QED) is 0.489. The minimum atomic E-state index is -1.21. The largest absolute Gasteiger partial charge is 0.369 e. The Hall–Kier alpha value is -3.15. The van der Waals surface area contributed by atoms with Gasteiger partial charge in [0.25, 0.3) is 5.91 Å². The Morgan fingerprint density at radius 3 is 3.00 bits per heavy atom. The number of anilines is 1. The molecule has 9 nitrogen and oxygen atoms in total. The minimum absolute atomic E-state index is 0.0856. The second-order valence-corrected chi connectivity index (χ2v) is 8.57. The normalized spacial score (nSPS) is 21.5. The van der Waals surface area contributed by atoms with Crippen molar-refractivity contribution in [1.82, 2.24) is 24.5 Å². The minimum Gasteiger partial charge on any atom is -0.369 e. The second kappa shape index (κ2) is 8.41. The summed E-state index contributed by atoms with van der Waals surface area (Å²) in [5.41, 5.74) is 8.21. The number of nitrogens with one attached hydrogen (secondary N) is 1. The molecule has 0 saturated carbocycles. The Labute approximate surface area is 187 Å². The number of carbonyl (C=O) groups is 1. The van der Waals surface area contributed by atoms with Crippen molar-refractivity contribution in [3.8, 4) is 5.13 Å². The number of aryl methyl sites for hydroxylation is 1. The maximum atomic E-state index is 13.9. The lowest BCUT2D eigenvalue weighted by Crippen LogP contribution is -2.32. The van der Waals surface area contributed by atoms with Gasteiger partial charge in [-0.05, 0) is 18.9 Å². The van der Waals surface area contributed by atoms with Crippen LogP contribution < -0.4 is 11.1 Å². The number of para-hydroxylation sites is 1. The maximum absolute atomic E-state index is 13.9. The highest BCUT2D eigenvalue weighted by atomic mass is 32.1. The predicted octanol–water partition coefficient (Wildman–Crippen LogP) is 2.98. The van der Waals surface area contributed by atoms with E-state index in [1.54, 1.807) is 34.2 Å². The molecule has 0 radical (unpaired) electrons. The molecule has 1 aliphatic heterocycles. The third kappa shape index (κ3) is 3.78. The van der Waals surface area contributed by atoms with E-state index in [-0.39, 0.29) is 18.2 Å². The monoisotopic (exact) mass is 455 g/mol. The Bertz CT molecular complexity index is 1250. The van der Waals surface area contributed by atoms with E-state index < -0.39 is 18.3 Å². The molecule has 0 bridgehead atoms. The lowest BCUT2D eigenvalue weighted by atomic mass is 10.0. The van der Waals surface area contributed by atoms with E-state index in [1.165, 1.54) is 11.3 Å². The summed E-state index contributed by atoms with van der Waals surface area (Å²) in [4.78, 5) is 17.4. The van der Waals surface area contributed by atoms with Gasteiger partial charge < -0.3 is 15.8 Å². The number of thiazole rings is 1. The van der Waals surface area contributed by atoms with Crippen LogP contribution in [0.4, 0.5) is 10.1 Å². The number of benzene rings is 1. The van der Waals surface area contributed by atoms with Gasteiger partial charge in [0.1, 0.15) is 18.0 Å². The van der Waals surface area contributed by atoms with Gasteiger partial charge >= 0.3 is 0 Å².